The predicted molar refractivity (Wildman–Crippen MR) is 151 cm³/mol. The molecule has 1 amide bonds. The van der Waals surface area contributed by atoms with Crippen molar-refractivity contribution >= 4 is 59.8 Å². The molecule has 1 saturated heterocycles. The first-order valence-corrected chi connectivity index (χ1v) is 15.3. The molecule has 196 valence electrons. The van der Waals surface area contributed by atoms with Gasteiger partial charge in [-0.3, -0.25) is 9.78 Å². The number of benzene rings is 1. The van der Waals surface area contributed by atoms with Gasteiger partial charge in [0, 0.05) is 54.3 Å². The zero-order valence-corrected chi connectivity index (χ0v) is 22.9. The Labute approximate surface area is 228 Å². The molecule has 0 unspecified atom stereocenters. The Morgan fingerprint density at radius 2 is 2.13 bits per heavy atom. The third-order valence-electron chi connectivity index (χ3n) is 7.13. The molecule has 38 heavy (non-hydrogen) atoms. The number of fused-ring (bicyclic) bond motifs is 2. The van der Waals surface area contributed by atoms with Gasteiger partial charge in [-0.2, -0.15) is 19.7 Å². The molecule has 11 nitrogen and oxygen atoms in total. The Balaban J connectivity index is 1.25. The van der Waals surface area contributed by atoms with E-state index in [0.717, 1.165) is 17.2 Å². The lowest BCUT2D eigenvalue weighted by Gasteiger charge is -2.28. The van der Waals surface area contributed by atoms with E-state index in [9.17, 15) is 14.6 Å². The van der Waals surface area contributed by atoms with Gasteiger partial charge in [0.15, 0.2) is 5.65 Å². The fraction of sp³-hybridized carbons (Fsp3) is 0.360. The van der Waals surface area contributed by atoms with Gasteiger partial charge in [0.1, 0.15) is 10.7 Å². The molecule has 0 spiro atoms. The lowest BCUT2D eigenvalue weighted by Crippen LogP contribution is -2.40. The van der Waals surface area contributed by atoms with Gasteiger partial charge in [0.25, 0.3) is 5.91 Å². The molecule has 0 radical (unpaired) electrons. The summed E-state index contributed by atoms with van der Waals surface area (Å²) < 4.78 is 17.3. The Bertz CT molecular complexity index is 1650. The van der Waals surface area contributed by atoms with Gasteiger partial charge >= 0.3 is 0 Å². The maximum Gasteiger partial charge on any atom is 0.254 e. The van der Waals surface area contributed by atoms with Crippen molar-refractivity contribution in [1.82, 2.24) is 30.0 Å². The summed E-state index contributed by atoms with van der Waals surface area (Å²) in [4.78, 5) is 26.4. The minimum atomic E-state index is -2.51. The normalized spacial score (nSPS) is 21.7. The number of carbonyl (C=O) groups is 1. The van der Waals surface area contributed by atoms with Crippen LogP contribution in [0.2, 0.25) is 0 Å². The molecule has 3 aromatic heterocycles. The van der Waals surface area contributed by atoms with Crippen LogP contribution in [0.15, 0.2) is 45.6 Å². The first-order valence-electron chi connectivity index (χ1n) is 12.5. The predicted octanol–water partition coefficient (Wildman–Crippen LogP) is 3.25. The summed E-state index contributed by atoms with van der Waals surface area (Å²) in [6.07, 6.45) is 5.49. The fourth-order valence-corrected chi connectivity index (χ4v) is 7.56. The van der Waals surface area contributed by atoms with Crippen molar-refractivity contribution in [2.75, 3.05) is 29.9 Å². The number of halogens is 1. The summed E-state index contributed by atoms with van der Waals surface area (Å²) in [7, 11) is -2.51. The molecule has 1 aromatic carbocycles. The van der Waals surface area contributed by atoms with E-state index in [1.807, 2.05) is 18.2 Å². The number of thiol groups is 1. The minimum absolute atomic E-state index is 0.0225. The van der Waals surface area contributed by atoms with E-state index in [4.69, 9.17) is 4.98 Å². The third-order valence-corrected chi connectivity index (χ3v) is 10.2. The zero-order chi connectivity index (χ0) is 26.3. The first-order chi connectivity index (χ1) is 18.4. The van der Waals surface area contributed by atoms with E-state index < -0.39 is 10.1 Å². The zero-order valence-electron chi connectivity index (χ0n) is 20.4. The number of nitriles is 1. The highest BCUT2D eigenvalue weighted by molar-refractivity contribution is 9.10. The Morgan fingerprint density at radius 3 is 2.95 bits per heavy atom. The molecule has 6 rings (SSSR count). The van der Waals surface area contributed by atoms with E-state index in [1.165, 1.54) is 0 Å². The van der Waals surface area contributed by atoms with E-state index in [1.54, 1.807) is 23.1 Å². The second-order valence-electron chi connectivity index (χ2n) is 9.68. The molecule has 1 aliphatic heterocycles. The topological polar surface area (TPSA) is 154 Å². The highest BCUT2D eigenvalue weighted by atomic mass is 79.9. The number of carbonyl (C=O) groups excluding carboxylic acids is 1. The van der Waals surface area contributed by atoms with Crippen molar-refractivity contribution in [2.24, 2.45) is 10.3 Å². The van der Waals surface area contributed by atoms with E-state index in [2.05, 4.69) is 52.1 Å². The third kappa shape index (κ3) is 4.80. The number of rotatable bonds is 4. The fourth-order valence-electron chi connectivity index (χ4n) is 5.14. The quantitative estimate of drug-likeness (QED) is 0.260. The van der Waals surface area contributed by atoms with Gasteiger partial charge in [-0.25, -0.2) is 9.67 Å². The number of anilines is 1. The number of aromatic nitrogens is 5. The molecule has 2 aliphatic rings. The molecule has 13 heteroatoms. The van der Waals surface area contributed by atoms with Gasteiger partial charge in [0.05, 0.1) is 22.2 Å². The van der Waals surface area contributed by atoms with Crippen molar-refractivity contribution in [1.29, 1.82) is 5.26 Å². The van der Waals surface area contributed by atoms with Crippen LogP contribution in [0.25, 0.3) is 27.6 Å². The molecular formula is C25H26BrN9O2S. The molecule has 3 N–H and O–H groups in total. The van der Waals surface area contributed by atoms with Crippen molar-refractivity contribution in [2.45, 2.75) is 25.3 Å². The van der Waals surface area contributed by atoms with Crippen molar-refractivity contribution in [3.8, 4) is 11.8 Å². The van der Waals surface area contributed by atoms with Gasteiger partial charge < -0.3 is 15.2 Å². The van der Waals surface area contributed by atoms with Gasteiger partial charge in [-0.05, 0) is 53.4 Å². The molecule has 0 bridgehead atoms. The second kappa shape index (κ2) is 10.1. The van der Waals surface area contributed by atoms with E-state index in [0.29, 0.717) is 70.4 Å². The van der Waals surface area contributed by atoms with E-state index in [-0.39, 0.29) is 17.9 Å². The number of nitrogens with zero attached hydrogens (tertiary/aromatic N) is 7. The number of amides is 1. The van der Waals surface area contributed by atoms with Crippen LogP contribution in [0.3, 0.4) is 0 Å². The highest BCUT2D eigenvalue weighted by Gasteiger charge is 2.31. The Hall–Kier alpha value is -3.31. The number of nitrogens with one attached hydrogen (secondary N) is 2. The van der Waals surface area contributed by atoms with Crippen LogP contribution in [0, 0.1) is 17.2 Å². The number of hydrogen-bond donors (Lipinski definition) is 4. The molecular weight excluding hydrogens is 570 g/mol. The maximum atomic E-state index is 12.8. The molecule has 1 saturated carbocycles. The molecule has 2 fully saturated rings. The standard InChI is InChI=1S/C25H26BrN9O2S/c26-22-20-14-30-25(31-18-4-3-16(10-18)24(36)34-38(37)8-6-28-7-9-38)32-23(20)35(33-22)19-11-15-2-1-5-29-21(15)17(12-19)13-27/h1-2,5,11-12,14,16,18,28,38H,3-4,6-10H2,(H,30,31,32)(H,34,36,37)/t16-,18-/m1/s1. The van der Waals surface area contributed by atoms with Gasteiger partial charge in [-0.1, -0.05) is 16.2 Å². The van der Waals surface area contributed by atoms with Crippen LogP contribution >= 0.6 is 15.9 Å². The molecule has 1 aliphatic carbocycles. The maximum absolute atomic E-state index is 12.8. The lowest BCUT2D eigenvalue weighted by molar-refractivity contribution is -0.121. The van der Waals surface area contributed by atoms with Crippen molar-refractivity contribution in [3.05, 3.63) is 46.8 Å². The van der Waals surface area contributed by atoms with Crippen LogP contribution in [0.1, 0.15) is 24.8 Å². The van der Waals surface area contributed by atoms with Crippen LogP contribution in [-0.4, -0.2) is 65.8 Å². The smallest absolute Gasteiger partial charge is 0.254 e. The molecule has 4 aromatic rings. The summed E-state index contributed by atoms with van der Waals surface area (Å²) in [5.41, 5.74) is 2.36. The Morgan fingerprint density at radius 1 is 1.29 bits per heavy atom. The van der Waals surface area contributed by atoms with Crippen LogP contribution in [0.4, 0.5) is 5.95 Å². The number of pyridine rings is 1. The molecule has 2 atom stereocenters. The van der Waals surface area contributed by atoms with E-state index >= 15 is 0 Å². The number of hydrogen-bond acceptors (Lipinski definition) is 8. The second-order valence-corrected chi connectivity index (χ2v) is 13.3. The molecule has 4 heterocycles. The monoisotopic (exact) mass is 595 g/mol. The summed E-state index contributed by atoms with van der Waals surface area (Å²) >= 11 is 3.50. The van der Waals surface area contributed by atoms with Gasteiger partial charge in [-0.15, -0.1) is 0 Å². The van der Waals surface area contributed by atoms with Gasteiger partial charge in [0.2, 0.25) is 5.95 Å². The summed E-state index contributed by atoms with van der Waals surface area (Å²) in [5.74, 6) is 1.19. The van der Waals surface area contributed by atoms with Crippen molar-refractivity contribution in [3.63, 3.8) is 0 Å². The minimum Gasteiger partial charge on any atom is -0.351 e. The summed E-state index contributed by atoms with van der Waals surface area (Å²) in [6, 6.07) is 9.66. The lowest BCUT2D eigenvalue weighted by atomic mass is 10.1. The first kappa shape index (κ1) is 25.0. The highest BCUT2D eigenvalue weighted by Crippen LogP contribution is 2.31. The SMILES string of the molecule is N#Cc1cc(-n2nc(Br)c3cnc(N[C@@H]4CC[C@@H](C(=O)N=[SH]5(O)CCNCC5)C4)nc32)cc2cccnc12. The van der Waals surface area contributed by atoms with Crippen LogP contribution in [0.5, 0.6) is 0 Å². The largest absolute Gasteiger partial charge is 0.351 e. The Kier molecular flexibility index (Phi) is 6.65. The average molecular weight is 597 g/mol. The summed E-state index contributed by atoms with van der Waals surface area (Å²) in [5, 5.41) is 22.4. The average Bonchev–Trinajstić information content (AvgIpc) is 3.52. The van der Waals surface area contributed by atoms with Crippen molar-refractivity contribution < 1.29 is 9.35 Å². The summed E-state index contributed by atoms with van der Waals surface area (Å²) in [6.45, 7) is 1.41. The van der Waals surface area contributed by atoms with Crippen LogP contribution in [-0.2, 0) is 14.9 Å². The van der Waals surface area contributed by atoms with Crippen LogP contribution < -0.4 is 10.6 Å².